The predicted molar refractivity (Wildman–Crippen MR) is 135 cm³/mol. The lowest BCUT2D eigenvalue weighted by molar-refractivity contribution is -0.124. The molecule has 0 atom stereocenters. The van der Waals surface area contributed by atoms with Gasteiger partial charge in [0.15, 0.2) is 0 Å². The molecule has 6 heteroatoms. The van der Waals surface area contributed by atoms with E-state index in [1.54, 1.807) is 0 Å². The molecule has 0 saturated heterocycles. The van der Waals surface area contributed by atoms with E-state index in [4.69, 9.17) is 0 Å². The molecule has 4 rings (SSSR count). The Kier molecular flexibility index (Phi) is 6.83. The zero-order chi connectivity index (χ0) is 25.3. The number of hydrogen-bond acceptors (Lipinski definition) is 4. The molecule has 2 N–H and O–H groups in total. The van der Waals surface area contributed by atoms with Gasteiger partial charge >= 0.3 is 0 Å². The first kappa shape index (κ1) is 24.3. The van der Waals surface area contributed by atoms with Crippen LogP contribution in [-0.4, -0.2) is 23.6 Å². The summed E-state index contributed by atoms with van der Waals surface area (Å²) in [7, 11) is 0. The van der Waals surface area contributed by atoms with Crippen LogP contribution in [0, 0.1) is 0 Å². The SMILES string of the molecule is CCc1cc(Cc2cc(CC)c(C3=CC(=O)NC3=O)c(CC)c2)cc(CC)c1C1=CC(=O)NC1=O. The first-order chi connectivity index (χ1) is 16.8. The number of carbonyl (C=O) groups is 4. The smallest absolute Gasteiger partial charge is 0.258 e. The maximum absolute atomic E-state index is 12.4. The van der Waals surface area contributed by atoms with E-state index < -0.39 is 0 Å². The first-order valence-corrected chi connectivity index (χ1v) is 12.2. The van der Waals surface area contributed by atoms with Crippen molar-refractivity contribution in [2.45, 2.75) is 59.8 Å². The molecule has 35 heavy (non-hydrogen) atoms. The van der Waals surface area contributed by atoms with Crippen LogP contribution in [0.3, 0.4) is 0 Å². The molecule has 2 aliphatic heterocycles. The highest BCUT2D eigenvalue weighted by molar-refractivity contribution is 6.34. The lowest BCUT2D eigenvalue weighted by Crippen LogP contribution is -2.22. The summed E-state index contributed by atoms with van der Waals surface area (Å²) in [5.41, 5.74) is 9.08. The molecule has 0 saturated carbocycles. The van der Waals surface area contributed by atoms with Gasteiger partial charge in [0.05, 0.1) is 11.1 Å². The van der Waals surface area contributed by atoms with Gasteiger partial charge in [0.2, 0.25) is 0 Å². The summed E-state index contributed by atoms with van der Waals surface area (Å²) in [5.74, 6) is -1.42. The zero-order valence-corrected chi connectivity index (χ0v) is 20.6. The Morgan fingerprint density at radius 1 is 0.543 bits per heavy atom. The third-order valence-corrected chi connectivity index (χ3v) is 6.71. The number of rotatable bonds is 8. The number of carbonyl (C=O) groups excluding carboxylic acids is 4. The van der Waals surface area contributed by atoms with E-state index in [2.05, 4.69) is 62.6 Å². The van der Waals surface area contributed by atoms with Crippen molar-refractivity contribution in [1.82, 2.24) is 10.6 Å². The molecule has 0 aliphatic carbocycles. The van der Waals surface area contributed by atoms with Gasteiger partial charge in [0, 0.05) is 12.2 Å². The maximum atomic E-state index is 12.4. The maximum Gasteiger partial charge on any atom is 0.258 e. The van der Waals surface area contributed by atoms with Crippen molar-refractivity contribution in [3.8, 4) is 0 Å². The largest absolute Gasteiger partial charge is 0.289 e. The number of hydrogen-bond donors (Lipinski definition) is 2. The molecule has 0 fully saturated rings. The molecule has 0 unspecified atom stereocenters. The first-order valence-electron chi connectivity index (χ1n) is 12.2. The standard InChI is InChI=1S/C29H30N2O4/c1-5-18-10-16(11-19(6-2)26(18)22-14-24(32)30-28(22)34)9-17-12-20(7-3)27(21(8-4)13-17)23-15-25(33)31-29(23)35/h10-15H,5-9H2,1-4H3,(H,30,32,34)(H,31,33,35). The van der Waals surface area contributed by atoms with Crippen LogP contribution < -0.4 is 10.6 Å². The average Bonchev–Trinajstić information content (AvgIpc) is 3.35. The van der Waals surface area contributed by atoms with Gasteiger partial charge in [-0.25, -0.2) is 0 Å². The third-order valence-electron chi connectivity index (χ3n) is 6.71. The number of imide groups is 2. The fourth-order valence-corrected chi connectivity index (χ4v) is 5.12. The fraction of sp³-hybridized carbons (Fsp3) is 0.310. The van der Waals surface area contributed by atoms with Gasteiger partial charge in [-0.3, -0.25) is 29.8 Å². The van der Waals surface area contributed by atoms with Crippen LogP contribution >= 0.6 is 0 Å². The number of amides is 4. The molecule has 2 aliphatic rings. The van der Waals surface area contributed by atoms with E-state index in [0.717, 1.165) is 70.2 Å². The highest BCUT2D eigenvalue weighted by atomic mass is 16.2. The Labute approximate surface area is 205 Å². The molecule has 0 aromatic heterocycles. The second-order valence-electron chi connectivity index (χ2n) is 8.92. The minimum Gasteiger partial charge on any atom is -0.289 e. The quantitative estimate of drug-likeness (QED) is 0.577. The fourth-order valence-electron chi connectivity index (χ4n) is 5.12. The van der Waals surface area contributed by atoms with Crippen molar-refractivity contribution in [2.24, 2.45) is 0 Å². The molecule has 0 spiro atoms. The van der Waals surface area contributed by atoms with Crippen molar-refractivity contribution in [2.75, 3.05) is 0 Å². The monoisotopic (exact) mass is 470 g/mol. The normalized spacial score (nSPS) is 15.3. The molecule has 4 amide bonds. The summed E-state index contributed by atoms with van der Waals surface area (Å²) in [6.45, 7) is 8.21. The van der Waals surface area contributed by atoms with E-state index in [-0.39, 0.29) is 23.6 Å². The minimum atomic E-state index is -0.370. The Bertz CT molecular complexity index is 1180. The van der Waals surface area contributed by atoms with Crippen molar-refractivity contribution in [3.63, 3.8) is 0 Å². The minimum absolute atomic E-state index is 0.341. The Hall–Kier alpha value is -3.80. The van der Waals surface area contributed by atoms with Crippen LogP contribution in [0.1, 0.15) is 72.2 Å². The van der Waals surface area contributed by atoms with Gasteiger partial charge in [-0.1, -0.05) is 52.0 Å². The van der Waals surface area contributed by atoms with E-state index in [1.165, 1.54) is 12.2 Å². The van der Waals surface area contributed by atoms with Gasteiger partial charge < -0.3 is 0 Å². The lowest BCUT2D eigenvalue weighted by atomic mass is 9.86. The van der Waals surface area contributed by atoms with Crippen molar-refractivity contribution in [3.05, 3.63) is 80.9 Å². The molecule has 2 aromatic carbocycles. The highest BCUT2D eigenvalue weighted by Gasteiger charge is 2.27. The molecular formula is C29H30N2O4. The summed E-state index contributed by atoms with van der Waals surface area (Å²) < 4.78 is 0. The zero-order valence-electron chi connectivity index (χ0n) is 20.6. The summed E-state index contributed by atoms with van der Waals surface area (Å²) in [4.78, 5) is 48.3. The molecule has 0 bridgehead atoms. The van der Waals surface area contributed by atoms with Gasteiger partial charge in [-0.05, 0) is 76.6 Å². The van der Waals surface area contributed by atoms with Crippen molar-refractivity contribution >= 4 is 34.8 Å². The number of aryl methyl sites for hydroxylation is 4. The van der Waals surface area contributed by atoms with Crippen molar-refractivity contribution in [1.29, 1.82) is 0 Å². The van der Waals surface area contributed by atoms with E-state index in [1.807, 2.05) is 0 Å². The second-order valence-corrected chi connectivity index (χ2v) is 8.92. The van der Waals surface area contributed by atoms with Gasteiger partial charge in [-0.15, -0.1) is 0 Å². The van der Waals surface area contributed by atoms with Crippen LogP contribution in [0.4, 0.5) is 0 Å². The second kappa shape index (κ2) is 9.82. The Morgan fingerprint density at radius 3 is 1.09 bits per heavy atom. The van der Waals surface area contributed by atoms with Crippen LogP contribution in [0.5, 0.6) is 0 Å². The topological polar surface area (TPSA) is 92.3 Å². The molecule has 0 radical (unpaired) electrons. The number of benzene rings is 2. The van der Waals surface area contributed by atoms with E-state index in [0.29, 0.717) is 17.6 Å². The summed E-state index contributed by atoms with van der Waals surface area (Å²) >= 11 is 0. The lowest BCUT2D eigenvalue weighted by Gasteiger charge is -2.18. The van der Waals surface area contributed by atoms with Crippen LogP contribution in [0.25, 0.3) is 11.1 Å². The Morgan fingerprint density at radius 2 is 0.857 bits per heavy atom. The average molecular weight is 471 g/mol. The molecule has 6 nitrogen and oxygen atoms in total. The van der Waals surface area contributed by atoms with E-state index >= 15 is 0 Å². The van der Waals surface area contributed by atoms with E-state index in [9.17, 15) is 19.2 Å². The molecule has 2 aromatic rings. The molecule has 2 heterocycles. The summed E-state index contributed by atoms with van der Waals surface area (Å²) in [6.07, 6.45) is 6.46. The van der Waals surface area contributed by atoms with Crippen molar-refractivity contribution < 1.29 is 19.2 Å². The summed E-state index contributed by atoms with van der Waals surface area (Å²) in [6, 6.07) is 8.51. The third kappa shape index (κ3) is 4.61. The molecular weight excluding hydrogens is 440 g/mol. The molecule has 180 valence electrons. The van der Waals surface area contributed by atoms with Gasteiger partial charge in [-0.2, -0.15) is 0 Å². The van der Waals surface area contributed by atoms with Crippen LogP contribution in [-0.2, 0) is 51.3 Å². The predicted octanol–water partition coefficient (Wildman–Crippen LogP) is 3.61. The van der Waals surface area contributed by atoms with Gasteiger partial charge in [0.1, 0.15) is 0 Å². The Balaban J connectivity index is 1.77. The highest BCUT2D eigenvalue weighted by Crippen LogP contribution is 2.32. The van der Waals surface area contributed by atoms with Crippen LogP contribution in [0.2, 0.25) is 0 Å². The van der Waals surface area contributed by atoms with Gasteiger partial charge in [0.25, 0.3) is 23.6 Å². The number of nitrogens with one attached hydrogen (secondary N) is 2. The summed E-state index contributed by atoms with van der Waals surface area (Å²) in [5, 5.41) is 4.71. The van der Waals surface area contributed by atoms with Crippen LogP contribution in [0.15, 0.2) is 36.4 Å².